The van der Waals surface area contributed by atoms with Crippen molar-refractivity contribution in [2.24, 2.45) is 4.99 Å². The quantitative estimate of drug-likeness (QED) is 0.466. The van der Waals surface area contributed by atoms with Gasteiger partial charge in [0.25, 0.3) is 0 Å². The van der Waals surface area contributed by atoms with Crippen LogP contribution < -0.4 is 5.32 Å². The minimum atomic E-state index is 0.0463. The molecule has 132 valence electrons. The molecule has 0 spiro atoms. The molecule has 0 atom stereocenters. The van der Waals surface area contributed by atoms with Gasteiger partial charge in [-0.15, -0.1) is 11.3 Å². The van der Waals surface area contributed by atoms with E-state index < -0.39 is 0 Å². The second-order valence-corrected chi connectivity index (χ2v) is 7.79. The first-order valence-corrected chi connectivity index (χ1v) is 9.73. The van der Waals surface area contributed by atoms with Crippen molar-refractivity contribution in [1.82, 2.24) is 15.0 Å². The number of benzene rings is 2. The fourth-order valence-electron chi connectivity index (χ4n) is 3.14. The van der Waals surface area contributed by atoms with E-state index in [1.165, 1.54) is 20.5 Å². The zero-order valence-corrected chi connectivity index (χ0v) is 16.1. The molecule has 5 nitrogen and oxygen atoms in total. The average molecular weight is 412 g/mol. The summed E-state index contributed by atoms with van der Waals surface area (Å²) in [7, 11) is 0. The molecule has 4 aromatic rings. The minimum absolute atomic E-state index is 0.0463. The number of rotatable bonds is 3. The van der Waals surface area contributed by atoms with Gasteiger partial charge in [-0.1, -0.05) is 18.2 Å². The highest BCUT2D eigenvalue weighted by Crippen LogP contribution is 2.39. The third kappa shape index (κ3) is 3.16. The average Bonchev–Trinajstić information content (AvgIpc) is 3.26. The number of aliphatic imine (C=N–C) groups is 1. The summed E-state index contributed by atoms with van der Waals surface area (Å²) in [6.07, 6.45) is 1.89. The van der Waals surface area contributed by atoms with Crippen LogP contribution in [0, 0.1) is 0 Å². The summed E-state index contributed by atoms with van der Waals surface area (Å²) in [5.74, 6) is 0.303. The number of fused-ring (bicyclic) bond motifs is 2. The van der Waals surface area contributed by atoms with Crippen LogP contribution in [0.25, 0.3) is 20.5 Å². The minimum Gasteiger partial charge on any atom is -0.324 e. The molecule has 0 radical (unpaired) electrons. The molecule has 0 unspecified atom stereocenters. The predicted molar refractivity (Wildman–Crippen MR) is 112 cm³/mol. The van der Waals surface area contributed by atoms with Crippen LogP contribution in [-0.4, -0.2) is 21.2 Å². The van der Waals surface area contributed by atoms with Gasteiger partial charge in [-0.3, -0.25) is 4.99 Å². The van der Waals surface area contributed by atoms with E-state index in [0.29, 0.717) is 12.5 Å². The third-order valence-corrected chi connectivity index (χ3v) is 5.78. The van der Waals surface area contributed by atoms with Crippen LogP contribution in [-0.2, 0) is 6.54 Å². The fraction of sp³-hybridized carbons (Fsp3) is 0.0526. The van der Waals surface area contributed by atoms with Gasteiger partial charge in [-0.05, 0) is 64.0 Å². The van der Waals surface area contributed by atoms with E-state index in [4.69, 9.17) is 23.2 Å². The van der Waals surface area contributed by atoms with Gasteiger partial charge >= 0.3 is 0 Å². The molecule has 2 aromatic heterocycles. The van der Waals surface area contributed by atoms with Crippen molar-refractivity contribution in [3.63, 3.8) is 0 Å². The van der Waals surface area contributed by atoms with Crippen molar-refractivity contribution >= 4 is 62.5 Å². The summed E-state index contributed by atoms with van der Waals surface area (Å²) in [6, 6.07) is 14.7. The van der Waals surface area contributed by atoms with Gasteiger partial charge in [-0.2, -0.15) is 15.0 Å². The van der Waals surface area contributed by atoms with Gasteiger partial charge in [0.1, 0.15) is 0 Å². The first-order chi connectivity index (χ1) is 13.2. The highest BCUT2D eigenvalue weighted by molar-refractivity contribution is 7.22. The van der Waals surface area contributed by atoms with Crippen molar-refractivity contribution in [2.75, 3.05) is 5.32 Å². The summed E-state index contributed by atoms with van der Waals surface area (Å²) < 4.78 is 1.26. The van der Waals surface area contributed by atoms with Crippen molar-refractivity contribution in [3.8, 4) is 10.4 Å². The molecule has 3 heterocycles. The summed E-state index contributed by atoms with van der Waals surface area (Å²) in [5.41, 5.74) is 4.30. The number of hydrogen-bond donors (Lipinski definition) is 1. The Morgan fingerprint density at radius 1 is 0.963 bits per heavy atom. The van der Waals surface area contributed by atoms with Crippen LogP contribution in [0.2, 0.25) is 10.6 Å². The molecule has 27 heavy (non-hydrogen) atoms. The lowest BCUT2D eigenvalue weighted by atomic mass is 10.0. The molecule has 1 N–H and O–H groups in total. The number of anilines is 2. The van der Waals surface area contributed by atoms with Crippen molar-refractivity contribution in [3.05, 3.63) is 64.2 Å². The number of nitrogens with zero attached hydrogens (tertiary/aromatic N) is 4. The SMILES string of the molecule is Clc1nc(Cl)nc(Nc2cc3c(c(-c4cc5ccccc5s4)c2)CN=C3)n1. The number of nitrogens with one attached hydrogen (secondary N) is 1. The Kier molecular flexibility index (Phi) is 4.04. The van der Waals surface area contributed by atoms with Gasteiger partial charge in [0.2, 0.25) is 16.5 Å². The van der Waals surface area contributed by atoms with Crippen LogP contribution in [0.5, 0.6) is 0 Å². The zero-order valence-electron chi connectivity index (χ0n) is 13.8. The van der Waals surface area contributed by atoms with Gasteiger partial charge in [0.05, 0.1) is 6.54 Å². The van der Waals surface area contributed by atoms with Gasteiger partial charge in [-0.25, -0.2) is 0 Å². The first-order valence-electron chi connectivity index (χ1n) is 8.15. The molecule has 1 aliphatic heterocycles. The van der Waals surface area contributed by atoms with Crippen LogP contribution in [0.4, 0.5) is 11.6 Å². The van der Waals surface area contributed by atoms with E-state index in [1.54, 1.807) is 11.3 Å². The molecule has 0 saturated carbocycles. The molecule has 0 amide bonds. The molecule has 0 saturated heterocycles. The van der Waals surface area contributed by atoms with E-state index in [-0.39, 0.29) is 10.6 Å². The largest absolute Gasteiger partial charge is 0.324 e. The maximum atomic E-state index is 5.88. The molecular formula is C19H11Cl2N5S. The number of hydrogen-bond acceptors (Lipinski definition) is 6. The van der Waals surface area contributed by atoms with Gasteiger partial charge < -0.3 is 5.32 Å². The number of thiophene rings is 1. The molecular weight excluding hydrogens is 401 g/mol. The van der Waals surface area contributed by atoms with Gasteiger partial charge in [0.15, 0.2) is 0 Å². The van der Waals surface area contributed by atoms with Crippen molar-refractivity contribution in [2.45, 2.75) is 6.54 Å². The van der Waals surface area contributed by atoms with E-state index in [1.807, 2.05) is 12.3 Å². The zero-order chi connectivity index (χ0) is 18.4. The number of aromatic nitrogens is 3. The monoisotopic (exact) mass is 411 g/mol. The number of halogens is 2. The van der Waals surface area contributed by atoms with Crippen molar-refractivity contribution < 1.29 is 0 Å². The van der Waals surface area contributed by atoms with Crippen molar-refractivity contribution in [1.29, 1.82) is 0 Å². The molecule has 8 heteroatoms. The van der Waals surface area contributed by atoms with E-state index in [2.05, 4.69) is 61.7 Å². The Labute approximate surface area is 168 Å². The van der Waals surface area contributed by atoms with Crippen LogP contribution in [0.3, 0.4) is 0 Å². The second-order valence-electron chi connectivity index (χ2n) is 6.03. The summed E-state index contributed by atoms with van der Waals surface area (Å²) in [4.78, 5) is 17.6. The van der Waals surface area contributed by atoms with E-state index in [0.717, 1.165) is 16.8 Å². The molecule has 2 aromatic carbocycles. The maximum Gasteiger partial charge on any atom is 0.232 e. The Morgan fingerprint density at radius 3 is 2.59 bits per heavy atom. The maximum absolute atomic E-state index is 5.88. The van der Waals surface area contributed by atoms with E-state index >= 15 is 0 Å². The Balaban J connectivity index is 1.61. The van der Waals surface area contributed by atoms with Crippen LogP contribution in [0.15, 0.2) is 47.5 Å². The lowest BCUT2D eigenvalue weighted by molar-refractivity contribution is 1.05. The van der Waals surface area contributed by atoms with Gasteiger partial charge in [0, 0.05) is 27.0 Å². The molecule has 5 rings (SSSR count). The summed E-state index contributed by atoms with van der Waals surface area (Å²) in [5, 5.41) is 4.50. The molecule has 1 aliphatic rings. The molecule has 0 bridgehead atoms. The Morgan fingerprint density at radius 2 is 1.78 bits per heavy atom. The normalized spacial score (nSPS) is 12.5. The molecule has 0 fully saturated rings. The molecule has 0 aliphatic carbocycles. The Hall–Kier alpha value is -2.54. The second kappa shape index (κ2) is 6.56. The predicted octanol–water partition coefficient (Wildman–Crippen LogP) is 5.74. The lowest BCUT2D eigenvalue weighted by Gasteiger charge is -2.11. The Bertz CT molecular complexity index is 1160. The first kappa shape index (κ1) is 16.6. The van der Waals surface area contributed by atoms with Crippen LogP contribution in [0.1, 0.15) is 11.1 Å². The highest BCUT2D eigenvalue weighted by Gasteiger charge is 2.17. The van der Waals surface area contributed by atoms with Crippen LogP contribution >= 0.6 is 34.5 Å². The third-order valence-electron chi connectivity index (χ3n) is 4.29. The summed E-state index contributed by atoms with van der Waals surface area (Å²) >= 11 is 13.5. The van der Waals surface area contributed by atoms with E-state index in [9.17, 15) is 0 Å². The standard InChI is InChI=1S/C19H11Cl2N5S/c20-17-24-18(21)26-19(25-17)23-12-5-11-8-22-9-14(11)13(7-12)16-6-10-3-1-2-4-15(10)27-16/h1-8H,9H2,(H,23,24,25,26). The topological polar surface area (TPSA) is 63.1 Å². The summed E-state index contributed by atoms with van der Waals surface area (Å²) in [6.45, 7) is 0.683. The fourth-order valence-corrected chi connectivity index (χ4v) is 4.61. The smallest absolute Gasteiger partial charge is 0.232 e. The lowest BCUT2D eigenvalue weighted by Crippen LogP contribution is -2.01. The highest BCUT2D eigenvalue weighted by atomic mass is 35.5.